The summed E-state index contributed by atoms with van der Waals surface area (Å²) >= 11 is 0. The van der Waals surface area contributed by atoms with Gasteiger partial charge in [0.25, 0.3) is 11.5 Å². The first-order chi connectivity index (χ1) is 12.9. The van der Waals surface area contributed by atoms with Gasteiger partial charge >= 0.3 is 0 Å². The molecule has 1 fully saturated rings. The highest BCUT2D eigenvalue weighted by Gasteiger charge is 2.35. The number of nitrogens with one attached hydrogen (secondary N) is 1. The van der Waals surface area contributed by atoms with Crippen LogP contribution in [0.2, 0.25) is 0 Å². The summed E-state index contributed by atoms with van der Waals surface area (Å²) in [6, 6.07) is 11.6. The monoisotopic (exact) mass is 368 g/mol. The van der Waals surface area contributed by atoms with Crippen molar-refractivity contribution in [1.29, 1.82) is 0 Å². The van der Waals surface area contributed by atoms with Crippen molar-refractivity contribution >= 4 is 5.91 Å². The molecule has 1 atom stereocenters. The lowest BCUT2D eigenvalue weighted by Gasteiger charge is -2.38. The Labute approximate surface area is 160 Å². The van der Waals surface area contributed by atoms with Gasteiger partial charge in [0.15, 0.2) is 0 Å². The molecule has 2 aromatic rings. The van der Waals surface area contributed by atoms with Crippen LogP contribution in [0.5, 0.6) is 0 Å². The minimum Gasteiger partial charge on any atom is -0.393 e. The Morgan fingerprint density at radius 1 is 1.30 bits per heavy atom. The van der Waals surface area contributed by atoms with Crippen LogP contribution >= 0.6 is 0 Å². The van der Waals surface area contributed by atoms with Crippen molar-refractivity contribution in [1.82, 2.24) is 9.88 Å². The van der Waals surface area contributed by atoms with E-state index in [1.807, 2.05) is 44.2 Å². The predicted molar refractivity (Wildman–Crippen MR) is 106 cm³/mol. The molecule has 1 aliphatic rings. The first-order valence-electron chi connectivity index (χ1n) is 9.63. The van der Waals surface area contributed by atoms with Crippen molar-refractivity contribution < 1.29 is 9.90 Å². The molecule has 0 radical (unpaired) electrons. The van der Waals surface area contributed by atoms with Crippen LogP contribution in [0.25, 0.3) is 0 Å². The Bertz CT molecular complexity index is 867. The van der Waals surface area contributed by atoms with Crippen LogP contribution in [-0.4, -0.2) is 27.7 Å². The molecule has 1 amide bonds. The number of benzene rings is 1. The Morgan fingerprint density at radius 2 is 1.96 bits per heavy atom. The van der Waals surface area contributed by atoms with Crippen LogP contribution in [-0.2, 0) is 19.9 Å². The highest BCUT2D eigenvalue weighted by atomic mass is 16.3. The lowest BCUT2D eigenvalue weighted by atomic mass is 9.75. The SMILES string of the molecule is CCc1c(C)cc(C(=O)NC(Cc2ccccc2)C2CC(O)C2)c(=O)n1C. The Balaban J connectivity index is 1.83. The number of carbonyl (C=O) groups is 1. The van der Waals surface area contributed by atoms with Gasteiger partial charge in [0.2, 0.25) is 0 Å². The predicted octanol–water partition coefficient (Wildman–Crippen LogP) is 2.37. The second-order valence-corrected chi connectivity index (χ2v) is 7.56. The molecule has 1 aromatic carbocycles. The van der Waals surface area contributed by atoms with Crippen molar-refractivity contribution in [3.63, 3.8) is 0 Å². The summed E-state index contributed by atoms with van der Waals surface area (Å²) < 4.78 is 1.57. The fraction of sp³-hybridized carbons (Fsp3) is 0.455. The van der Waals surface area contributed by atoms with Crippen molar-refractivity contribution in [3.8, 4) is 0 Å². The summed E-state index contributed by atoms with van der Waals surface area (Å²) in [6.07, 6.45) is 2.52. The van der Waals surface area contributed by atoms with Gasteiger partial charge in [-0.05, 0) is 55.7 Å². The number of pyridine rings is 1. The van der Waals surface area contributed by atoms with Crippen molar-refractivity contribution in [2.75, 3.05) is 0 Å². The fourth-order valence-corrected chi connectivity index (χ4v) is 4.02. The van der Waals surface area contributed by atoms with E-state index in [2.05, 4.69) is 5.32 Å². The highest BCUT2D eigenvalue weighted by molar-refractivity contribution is 5.94. The van der Waals surface area contributed by atoms with E-state index in [-0.39, 0.29) is 35.1 Å². The molecule has 2 N–H and O–H groups in total. The Kier molecular flexibility index (Phi) is 5.80. The minimum absolute atomic E-state index is 0.0980. The van der Waals surface area contributed by atoms with Gasteiger partial charge in [-0.25, -0.2) is 0 Å². The van der Waals surface area contributed by atoms with Crippen LogP contribution in [0.1, 0.15) is 46.9 Å². The third-order valence-electron chi connectivity index (χ3n) is 5.67. The largest absolute Gasteiger partial charge is 0.393 e. The molecule has 5 heteroatoms. The number of nitrogens with zero attached hydrogens (tertiary/aromatic N) is 1. The van der Waals surface area contributed by atoms with Crippen molar-refractivity contribution in [2.45, 2.75) is 51.7 Å². The molecule has 27 heavy (non-hydrogen) atoms. The molecule has 144 valence electrons. The van der Waals surface area contributed by atoms with Crippen LogP contribution < -0.4 is 10.9 Å². The number of aryl methyl sites for hydroxylation is 1. The van der Waals surface area contributed by atoms with E-state index in [1.165, 1.54) is 0 Å². The molecule has 0 bridgehead atoms. The first kappa shape index (κ1) is 19.4. The summed E-state index contributed by atoms with van der Waals surface area (Å²) in [6.45, 7) is 3.93. The van der Waals surface area contributed by atoms with Gasteiger partial charge < -0.3 is 15.0 Å². The third-order valence-corrected chi connectivity index (χ3v) is 5.67. The molecule has 0 aliphatic heterocycles. The third kappa shape index (κ3) is 4.14. The zero-order valence-electron chi connectivity index (χ0n) is 16.2. The molecule has 1 aliphatic carbocycles. The van der Waals surface area contributed by atoms with E-state index in [1.54, 1.807) is 17.7 Å². The number of hydrogen-bond acceptors (Lipinski definition) is 3. The molecular weight excluding hydrogens is 340 g/mol. The lowest BCUT2D eigenvalue weighted by Crippen LogP contribution is -2.49. The maximum Gasteiger partial charge on any atom is 0.263 e. The molecule has 1 aromatic heterocycles. The number of aliphatic hydroxyl groups excluding tert-OH is 1. The van der Waals surface area contributed by atoms with E-state index in [4.69, 9.17) is 0 Å². The van der Waals surface area contributed by atoms with E-state index < -0.39 is 0 Å². The maximum absolute atomic E-state index is 12.9. The van der Waals surface area contributed by atoms with Gasteiger partial charge in [0.05, 0.1) is 6.10 Å². The lowest BCUT2D eigenvalue weighted by molar-refractivity contribution is 0.0239. The summed E-state index contributed by atoms with van der Waals surface area (Å²) in [5.41, 5.74) is 2.95. The number of amides is 1. The van der Waals surface area contributed by atoms with Gasteiger partial charge in [-0.2, -0.15) is 0 Å². The molecule has 0 saturated heterocycles. The second-order valence-electron chi connectivity index (χ2n) is 7.56. The van der Waals surface area contributed by atoms with Gasteiger partial charge in [0, 0.05) is 18.8 Å². The van der Waals surface area contributed by atoms with Crippen LogP contribution in [0.4, 0.5) is 0 Å². The van der Waals surface area contributed by atoms with Crippen molar-refractivity contribution in [2.24, 2.45) is 13.0 Å². The summed E-state index contributed by atoms with van der Waals surface area (Å²) in [5.74, 6) is -0.104. The van der Waals surface area contributed by atoms with E-state index >= 15 is 0 Å². The van der Waals surface area contributed by atoms with Crippen LogP contribution in [0.15, 0.2) is 41.2 Å². The highest BCUT2D eigenvalue weighted by Crippen LogP contribution is 2.32. The van der Waals surface area contributed by atoms with E-state index in [0.717, 1.165) is 23.2 Å². The van der Waals surface area contributed by atoms with Crippen molar-refractivity contribution in [3.05, 3.63) is 69.1 Å². The summed E-state index contributed by atoms with van der Waals surface area (Å²) in [5, 5.41) is 12.8. The molecular formula is C22H28N2O3. The average molecular weight is 368 g/mol. The molecule has 3 rings (SSSR count). The number of aliphatic hydroxyl groups is 1. The fourth-order valence-electron chi connectivity index (χ4n) is 4.02. The normalized spacial score (nSPS) is 20.0. The van der Waals surface area contributed by atoms with E-state index in [9.17, 15) is 14.7 Å². The first-order valence-corrected chi connectivity index (χ1v) is 9.63. The Morgan fingerprint density at radius 3 is 2.56 bits per heavy atom. The minimum atomic E-state index is -0.330. The van der Waals surface area contributed by atoms with E-state index in [0.29, 0.717) is 19.3 Å². The van der Waals surface area contributed by atoms with Gasteiger partial charge in [-0.1, -0.05) is 37.3 Å². The maximum atomic E-state index is 12.9. The number of aromatic nitrogens is 1. The standard InChI is InChI=1S/C22H28N2O3/c1-4-20-14(2)10-18(22(27)24(20)3)21(26)23-19(16-12-17(25)13-16)11-15-8-6-5-7-9-15/h5-10,16-17,19,25H,4,11-13H2,1-3H3,(H,23,26). The summed E-state index contributed by atoms with van der Waals surface area (Å²) in [4.78, 5) is 25.6. The van der Waals surface area contributed by atoms with Gasteiger partial charge in [0.1, 0.15) is 5.56 Å². The molecule has 1 heterocycles. The van der Waals surface area contributed by atoms with Gasteiger partial charge in [-0.15, -0.1) is 0 Å². The zero-order valence-corrected chi connectivity index (χ0v) is 16.2. The number of carbonyl (C=O) groups excluding carboxylic acids is 1. The second kappa shape index (κ2) is 8.09. The van der Waals surface area contributed by atoms with Crippen LogP contribution in [0.3, 0.4) is 0 Å². The number of rotatable bonds is 6. The van der Waals surface area contributed by atoms with Crippen LogP contribution in [0, 0.1) is 12.8 Å². The quantitative estimate of drug-likeness (QED) is 0.822. The number of hydrogen-bond donors (Lipinski definition) is 2. The Hall–Kier alpha value is -2.40. The molecule has 1 saturated carbocycles. The van der Waals surface area contributed by atoms with Gasteiger partial charge in [-0.3, -0.25) is 9.59 Å². The smallest absolute Gasteiger partial charge is 0.263 e. The molecule has 5 nitrogen and oxygen atoms in total. The zero-order chi connectivity index (χ0) is 19.6. The topological polar surface area (TPSA) is 71.3 Å². The summed E-state index contributed by atoms with van der Waals surface area (Å²) in [7, 11) is 1.72. The molecule has 0 spiro atoms. The molecule has 1 unspecified atom stereocenters. The average Bonchev–Trinajstić information content (AvgIpc) is 2.63.